The Morgan fingerprint density at radius 2 is 2.00 bits per heavy atom. The van der Waals surface area contributed by atoms with Gasteiger partial charge in [0, 0.05) is 29.9 Å². The molecule has 0 spiro atoms. The molecule has 1 heterocycles. The molecule has 0 aromatic heterocycles. The Balaban J connectivity index is 1.55. The van der Waals surface area contributed by atoms with Crippen LogP contribution in [-0.2, 0) is 16.1 Å². The van der Waals surface area contributed by atoms with Gasteiger partial charge in [0.15, 0.2) is 18.1 Å². The van der Waals surface area contributed by atoms with E-state index in [-0.39, 0.29) is 24.1 Å². The molecular weight excluding hydrogens is 373 g/mol. The Hall–Kier alpha value is -2.93. The molecule has 2 amide bonds. The highest BCUT2D eigenvalue weighted by atomic mass is 19.1. The predicted molar refractivity (Wildman–Crippen MR) is 110 cm³/mol. The minimum Gasteiger partial charge on any atom is -0.494 e. The van der Waals surface area contributed by atoms with Gasteiger partial charge < -0.3 is 19.9 Å². The van der Waals surface area contributed by atoms with Crippen molar-refractivity contribution in [3.05, 3.63) is 53.8 Å². The first-order valence-corrected chi connectivity index (χ1v) is 9.86. The quantitative estimate of drug-likeness (QED) is 0.713. The summed E-state index contributed by atoms with van der Waals surface area (Å²) < 4.78 is 18.8. The number of ether oxygens (including phenoxy) is 1. The number of amides is 2. The molecule has 3 rings (SSSR count). The monoisotopic (exact) mass is 400 g/mol. The maximum atomic E-state index is 13.9. The zero-order chi connectivity index (χ0) is 20.8. The first kappa shape index (κ1) is 20.8. The summed E-state index contributed by atoms with van der Waals surface area (Å²) >= 11 is 0. The molecule has 1 atom stereocenters. The number of nitrogens with zero attached hydrogens (tertiary/aromatic N) is 1. The fraction of sp³-hybridized carbons (Fsp3) is 0.364. The number of halogens is 1. The lowest BCUT2D eigenvalue weighted by molar-refractivity contribution is -0.903. The number of nitrogens with one attached hydrogen (secondary N) is 2. The third-order valence-corrected chi connectivity index (χ3v) is 5.12. The topological polar surface area (TPSA) is 63.1 Å². The third-order valence-electron chi connectivity index (χ3n) is 5.12. The molecule has 1 fully saturated rings. The standard InChI is InChI=1S/C22H26FN3O3/c1-3-25(14-16-6-11-20(29-2)19(23)13-16)15-21(27)24-17-7-9-18(10-8-17)26-12-4-5-22(26)28/h6-11,13H,3-5,12,14-15H2,1-2H3,(H,24,27)/p+1. The molecule has 2 N–H and O–H groups in total. The second-order valence-electron chi connectivity index (χ2n) is 7.17. The van der Waals surface area contributed by atoms with Gasteiger partial charge in [0.05, 0.1) is 13.7 Å². The Morgan fingerprint density at radius 1 is 1.24 bits per heavy atom. The molecule has 6 nitrogen and oxygen atoms in total. The van der Waals surface area contributed by atoms with Crippen LogP contribution in [0.1, 0.15) is 25.3 Å². The summed E-state index contributed by atoms with van der Waals surface area (Å²) in [4.78, 5) is 27.0. The summed E-state index contributed by atoms with van der Waals surface area (Å²) in [5.74, 6) is -0.162. The number of likely N-dealkylation sites (N-methyl/N-ethyl adjacent to an activating group) is 1. The fourth-order valence-electron chi connectivity index (χ4n) is 3.50. The summed E-state index contributed by atoms with van der Waals surface area (Å²) in [5, 5.41) is 2.89. The zero-order valence-corrected chi connectivity index (χ0v) is 16.8. The van der Waals surface area contributed by atoms with Crippen LogP contribution >= 0.6 is 0 Å². The molecule has 0 bridgehead atoms. The molecule has 0 aliphatic carbocycles. The van der Waals surface area contributed by atoms with E-state index in [0.717, 1.165) is 35.7 Å². The molecule has 2 aromatic rings. The average molecular weight is 400 g/mol. The van der Waals surface area contributed by atoms with Crippen LogP contribution in [0.3, 0.4) is 0 Å². The first-order valence-electron chi connectivity index (χ1n) is 9.86. The van der Waals surface area contributed by atoms with Crippen LogP contribution in [0.25, 0.3) is 0 Å². The van der Waals surface area contributed by atoms with E-state index in [1.807, 2.05) is 37.3 Å². The number of anilines is 2. The van der Waals surface area contributed by atoms with Crippen LogP contribution in [0.4, 0.5) is 15.8 Å². The minimum absolute atomic E-state index is 0.110. The lowest BCUT2D eigenvalue weighted by atomic mass is 10.2. The molecule has 0 radical (unpaired) electrons. The van der Waals surface area contributed by atoms with Gasteiger partial charge in [0.25, 0.3) is 5.91 Å². The smallest absolute Gasteiger partial charge is 0.279 e. The van der Waals surface area contributed by atoms with Crippen molar-refractivity contribution in [1.29, 1.82) is 0 Å². The lowest BCUT2D eigenvalue weighted by Crippen LogP contribution is -3.11. The summed E-state index contributed by atoms with van der Waals surface area (Å²) in [5.41, 5.74) is 2.36. The molecule has 1 aliphatic heterocycles. The van der Waals surface area contributed by atoms with Crippen LogP contribution in [0.5, 0.6) is 5.75 Å². The number of rotatable bonds is 8. The summed E-state index contributed by atoms with van der Waals surface area (Å²) in [7, 11) is 1.43. The van der Waals surface area contributed by atoms with Gasteiger partial charge in [0.1, 0.15) is 6.54 Å². The second kappa shape index (κ2) is 9.52. The first-order chi connectivity index (χ1) is 14.0. The van der Waals surface area contributed by atoms with Crippen molar-refractivity contribution < 1.29 is 23.6 Å². The van der Waals surface area contributed by atoms with E-state index in [0.29, 0.717) is 18.7 Å². The zero-order valence-electron chi connectivity index (χ0n) is 16.8. The highest BCUT2D eigenvalue weighted by molar-refractivity contribution is 5.96. The normalized spacial score (nSPS) is 14.7. The molecule has 7 heteroatoms. The number of hydrogen-bond acceptors (Lipinski definition) is 3. The minimum atomic E-state index is -0.401. The van der Waals surface area contributed by atoms with Gasteiger partial charge in [0.2, 0.25) is 5.91 Å². The average Bonchev–Trinajstić information content (AvgIpc) is 3.14. The van der Waals surface area contributed by atoms with E-state index in [9.17, 15) is 14.0 Å². The van der Waals surface area contributed by atoms with E-state index in [2.05, 4.69) is 5.32 Å². The van der Waals surface area contributed by atoms with Gasteiger partial charge in [-0.05, 0) is 55.8 Å². The van der Waals surface area contributed by atoms with Gasteiger partial charge >= 0.3 is 0 Å². The van der Waals surface area contributed by atoms with Crippen molar-refractivity contribution in [1.82, 2.24) is 0 Å². The molecule has 1 saturated heterocycles. The highest BCUT2D eigenvalue weighted by Gasteiger charge is 2.21. The van der Waals surface area contributed by atoms with Crippen molar-refractivity contribution in [3.8, 4) is 5.75 Å². The van der Waals surface area contributed by atoms with E-state index >= 15 is 0 Å². The largest absolute Gasteiger partial charge is 0.494 e. The van der Waals surface area contributed by atoms with Gasteiger partial charge in [-0.25, -0.2) is 4.39 Å². The second-order valence-corrected chi connectivity index (χ2v) is 7.17. The van der Waals surface area contributed by atoms with Crippen molar-refractivity contribution in [2.75, 3.05) is 37.0 Å². The molecule has 154 valence electrons. The maximum absolute atomic E-state index is 13.9. The number of quaternary nitrogens is 1. The summed E-state index contributed by atoms with van der Waals surface area (Å²) in [6, 6.07) is 12.2. The predicted octanol–water partition coefficient (Wildman–Crippen LogP) is 2.00. The van der Waals surface area contributed by atoms with Crippen molar-refractivity contribution >= 4 is 23.2 Å². The number of carbonyl (C=O) groups excluding carboxylic acids is 2. The highest BCUT2D eigenvalue weighted by Crippen LogP contribution is 2.23. The lowest BCUT2D eigenvalue weighted by Gasteiger charge is -2.18. The van der Waals surface area contributed by atoms with Gasteiger partial charge in [-0.15, -0.1) is 0 Å². The van der Waals surface area contributed by atoms with E-state index < -0.39 is 5.82 Å². The van der Waals surface area contributed by atoms with Gasteiger partial charge in [-0.2, -0.15) is 0 Å². The van der Waals surface area contributed by atoms with Crippen molar-refractivity contribution in [3.63, 3.8) is 0 Å². The van der Waals surface area contributed by atoms with Crippen molar-refractivity contribution in [2.24, 2.45) is 0 Å². The van der Waals surface area contributed by atoms with Crippen LogP contribution < -0.4 is 19.9 Å². The van der Waals surface area contributed by atoms with Crippen LogP contribution in [0.2, 0.25) is 0 Å². The van der Waals surface area contributed by atoms with Crippen LogP contribution in [-0.4, -0.2) is 38.6 Å². The summed E-state index contributed by atoms with van der Waals surface area (Å²) in [6.07, 6.45) is 1.47. The fourth-order valence-corrected chi connectivity index (χ4v) is 3.50. The summed E-state index contributed by atoms with van der Waals surface area (Å²) in [6.45, 7) is 4.28. The van der Waals surface area contributed by atoms with E-state index in [1.165, 1.54) is 13.2 Å². The van der Waals surface area contributed by atoms with Crippen molar-refractivity contribution in [2.45, 2.75) is 26.3 Å². The number of benzene rings is 2. The third kappa shape index (κ3) is 5.32. The number of carbonyl (C=O) groups is 2. The molecule has 29 heavy (non-hydrogen) atoms. The molecule has 0 saturated carbocycles. The van der Waals surface area contributed by atoms with Crippen LogP contribution in [0.15, 0.2) is 42.5 Å². The molecule has 1 unspecified atom stereocenters. The SMILES string of the molecule is CC[NH+](CC(=O)Nc1ccc(N2CCCC2=O)cc1)Cc1ccc(OC)c(F)c1. The Kier molecular flexibility index (Phi) is 6.82. The number of hydrogen-bond donors (Lipinski definition) is 2. The van der Waals surface area contributed by atoms with Gasteiger partial charge in [-0.1, -0.05) is 0 Å². The molecule has 2 aromatic carbocycles. The Morgan fingerprint density at radius 3 is 2.59 bits per heavy atom. The molecule has 1 aliphatic rings. The van der Waals surface area contributed by atoms with Gasteiger partial charge in [-0.3, -0.25) is 9.59 Å². The Bertz CT molecular complexity index is 870. The van der Waals surface area contributed by atoms with Crippen LogP contribution in [0, 0.1) is 5.82 Å². The molecular formula is C22H27FN3O3+. The van der Waals surface area contributed by atoms with E-state index in [4.69, 9.17) is 4.74 Å². The Labute approximate surface area is 170 Å². The number of methoxy groups -OCH3 is 1. The maximum Gasteiger partial charge on any atom is 0.279 e. The van der Waals surface area contributed by atoms with E-state index in [1.54, 1.807) is 11.0 Å².